The molecule has 1 unspecified atom stereocenters. The SMILES string of the molecule is CC(C)COC(C)CN=C=O. The van der Waals surface area contributed by atoms with E-state index >= 15 is 0 Å². The molecule has 0 saturated heterocycles. The zero-order chi connectivity index (χ0) is 8.69. The van der Waals surface area contributed by atoms with E-state index in [4.69, 9.17) is 4.74 Å². The summed E-state index contributed by atoms with van der Waals surface area (Å²) in [5, 5.41) is 0. The Hall–Kier alpha value is -0.660. The molecular formula is C8H15NO2. The first-order chi connectivity index (χ1) is 5.16. The van der Waals surface area contributed by atoms with Crippen molar-refractivity contribution in [3.63, 3.8) is 0 Å². The second-order valence-electron chi connectivity index (χ2n) is 2.97. The van der Waals surface area contributed by atoms with Crippen molar-refractivity contribution >= 4 is 6.08 Å². The zero-order valence-electron chi connectivity index (χ0n) is 7.33. The number of rotatable bonds is 5. The van der Waals surface area contributed by atoms with E-state index in [-0.39, 0.29) is 6.10 Å². The molecular weight excluding hydrogens is 142 g/mol. The van der Waals surface area contributed by atoms with Gasteiger partial charge in [0.25, 0.3) is 0 Å². The van der Waals surface area contributed by atoms with Gasteiger partial charge in [0.1, 0.15) is 0 Å². The molecule has 0 aromatic rings. The summed E-state index contributed by atoms with van der Waals surface area (Å²) in [4.78, 5) is 13.1. The van der Waals surface area contributed by atoms with Gasteiger partial charge in [-0.3, -0.25) is 0 Å². The van der Waals surface area contributed by atoms with Crippen molar-refractivity contribution in [2.45, 2.75) is 26.9 Å². The largest absolute Gasteiger partial charge is 0.376 e. The van der Waals surface area contributed by atoms with Gasteiger partial charge in [-0.2, -0.15) is 0 Å². The van der Waals surface area contributed by atoms with E-state index < -0.39 is 0 Å². The van der Waals surface area contributed by atoms with Crippen LogP contribution in [0.4, 0.5) is 0 Å². The molecule has 0 amide bonds. The molecule has 0 aliphatic carbocycles. The highest BCUT2D eigenvalue weighted by atomic mass is 16.5. The molecule has 0 aliphatic heterocycles. The highest BCUT2D eigenvalue weighted by Crippen LogP contribution is 1.97. The molecule has 64 valence electrons. The summed E-state index contributed by atoms with van der Waals surface area (Å²) in [5.74, 6) is 0.526. The molecule has 11 heavy (non-hydrogen) atoms. The summed E-state index contributed by atoms with van der Waals surface area (Å²) in [5.41, 5.74) is 0. The van der Waals surface area contributed by atoms with E-state index in [2.05, 4.69) is 18.8 Å². The van der Waals surface area contributed by atoms with E-state index in [1.807, 2.05) is 6.92 Å². The zero-order valence-corrected chi connectivity index (χ0v) is 7.33. The van der Waals surface area contributed by atoms with E-state index in [1.54, 1.807) is 0 Å². The number of hydrogen-bond donors (Lipinski definition) is 0. The first-order valence-electron chi connectivity index (χ1n) is 3.82. The van der Waals surface area contributed by atoms with Gasteiger partial charge in [0.05, 0.1) is 12.6 Å². The van der Waals surface area contributed by atoms with Gasteiger partial charge in [-0.15, -0.1) is 0 Å². The minimum atomic E-state index is 0.0267. The maximum Gasteiger partial charge on any atom is 0.235 e. The Kier molecular flexibility index (Phi) is 5.71. The highest BCUT2D eigenvalue weighted by Gasteiger charge is 2.01. The lowest BCUT2D eigenvalue weighted by Crippen LogP contribution is -2.15. The Balaban J connectivity index is 3.36. The molecule has 0 aromatic carbocycles. The maximum atomic E-state index is 9.70. The van der Waals surface area contributed by atoms with Gasteiger partial charge < -0.3 is 4.74 Å². The summed E-state index contributed by atoms with van der Waals surface area (Å²) < 4.78 is 5.33. The first-order valence-corrected chi connectivity index (χ1v) is 3.82. The molecule has 0 N–H and O–H groups in total. The second kappa shape index (κ2) is 6.08. The molecule has 0 fully saturated rings. The molecule has 0 aromatic heterocycles. The molecule has 0 bridgehead atoms. The van der Waals surface area contributed by atoms with Gasteiger partial charge in [-0.25, -0.2) is 9.79 Å². The molecule has 0 heterocycles. The van der Waals surface area contributed by atoms with Crippen LogP contribution in [-0.2, 0) is 9.53 Å². The summed E-state index contributed by atoms with van der Waals surface area (Å²) in [6, 6.07) is 0. The van der Waals surface area contributed by atoms with Crippen LogP contribution in [0, 0.1) is 5.92 Å². The van der Waals surface area contributed by atoms with Crippen LogP contribution in [0.2, 0.25) is 0 Å². The predicted octanol–water partition coefficient (Wildman–Crippen LogP) is 1.38. The molecule has 0 radical (unpaired) electrons. The number of nitrogens with zero attached hydrogens (tertiary/aromatic N) is 1. The Morgan fingerprint density at radius 3 is 2.55 bits per heavy atom. The second-order valence-corrected chi connectivity index (χ2v) is 2.97. The van der Waals surface area contributed by atoms with E-state index in [9.17, 15) is 4.79 Å². The average molecular weight is 157 g/mol. The van der Waals surface area contributed by atoms with Gasteiger partial charge in [-0.1, -0.05) is 13.8 Å². The number of aliphatic imine (C=N–C) groups is 1. The van der Waals surface area contributed by atoms with Crippen LogP contribution in [0.15, 0.2) is 4.99 Å². The third-order valence-corrected chi connectivity index (χ3v) is 1.13. The Labute approximate surface area is 67.5 Å². The van der Waals surface area contributed by atoms with Crippen molar-refractivity contribution in [3.8, 4) is 0 Å². The van der Waals surface area contributed by atoms with Crippen molar-refractivity contribution in [2.24, 2.45) is 10.9 Å². The summed E-state index contributed by atoms with van der Waals surface area (Å²) in [7, 11) is 0. The van der Waals surface area contributed by atoms with Crippen LogP contribution in [0.5, 0.6) is 0 Å². The molecule has 0 spiro atoms. The summed E-state index contributed by atoms with van der Waals surface area (Å²) in [6.45, 7) is 7.18. The molecule has 3 heteroatoms. The third kappa shape index (κ3) is 7.23. The summed E-state index contributed by atoms with van der Waals surface area (Å²) in [6.07, 6.45) is 1.51. The maximum absolute atomic E-state index is 9.70. The van der Waals surface area contributed by atoms with Gasteiger partial charge in [0.15, 0.2) is 0 Å². The highest BCUT2D eigenvalue weighted by molar-refractivity contribution is 5.32. The lowest BCUT2D eigenvalue weighted by Gasteiger charge is -2.11. The van der Waals surface area contributed by atoms with Crippen molar-refractivity contribution in [3.05, 3.63) is 0 Å². The number of isocyanates is 1. The Morgan fingerprint density at radius 1 is 1.45 bits per heavy atom. The molecule has 0 rings (SSSR count). The van der Waals surface area contributed by atoms with E-state index in [0.717, 1.165) is 6.61 Å². The van der Waals surface area contributed by atoms with Gasteiger partial charge in [0.2, 0.25) is 6.08 Å². The summed E-state index contributed by atoms with van der Waals surface area (Å²) >= 11 is 0. The van der Waals surface area contributed by atoms with Crippen LogP contribution >= 0.6 is 0 Å². The minimum Gasteiger partial charge on any atom is -0.376 e. The lowest BCUT2D eigenvalue weighted by molar-refractivity contribution is 0.0534. The van der Waals surface area contributed by atoms with E-state index in [0.29, 0.717) is 12.5 Å². The fourth-order valence-corrected chi connectivity index (χ4v) is 0.575. The molecule has 1 atom stereocenters. The van der Waals surface area contributed by atoms with E-state index in [1.165, 1.54) is 6.08 Å². The first kappa shape index (κ1) is 10.3. The average Bonchev–Trinajstić information content (AvgIpc) is 1.97. The van der Waals surface area contributed by atoms with Gasteiger partial charge >= 0.3 is 0 Å². The third-order valence-electron chi connectivity index (χ3n) is 1.13. The normalized spacial score (nSPS) is 12.7. The fraction of sp³-hybridized carbons (Fsp3) is 0.875. The molecule has 0 aliphatic rings. The van der Waals surface area contributed by atoms with Gasteiger partial charge in [-0.05, 0) is 12.8 Å². The topological polar surface area (TPSA) is 38.7 Å². The molecule has 0 saturated carbocycles. The minimum absolute atomic E-state index is 0.0267. The van der Waals surface area contributed by atoms with Crippen LogP contribution in [0.25, 0.3) is 0 Å². The fourth-order valence-electron chi connectivity index (χ4n) is 0.575. The van der Waals surface area contributed by atoms with Crippen molar-refractivity contribution in [2.75, 3.05) is 13.2 Å². The Morgan fingerprint density at radius 2 is 2.09 bits per heavy atom. The number of carbonyl (C=O) groups excluding carboxylic acids is 1. The van der Waals surface area contributed by atoms with Crippen LogP contribution in [-0.4, -0.2) is 25.3 Å². The van der Waals surface area contributed by atoms with Crippen molar-refractivity contribution in [1.82, 2.24) is 0 Å². The van der Waals surface area contributed by atoms with Crippen LogP contribution in [0.1, 0.15) is 20.8 Å². The number of ether oxygens (including phenoxy) is 1. The van der Waals surface area contributed by atoms with Gasteiger partial charge in [0, 0.05) is 6.61 Å². The van der Waals surface area contributed by atoms with Crippen molar-refractivity contribution < 1.29 is 9.53 Å². The quantitative estimate of drug-likeness (QED) is 0.446. The van der Waals surface area contributed by atoms with Crippen LogP contribution < -0.4 is 0 Å². The number of hydrogen-bond acceptors (Lipinski definition) is 3. The Bertz CT molecular complexity index is 139. The van der Waals surface area contributed by atoms with Crippen molar-refractivity contribution in [1.29, 1.82) is 0 Å². The lowest BCUT2D eigenvalue weighted by atomic mass is 10.2. The smallest absolute Gasteiger partial charge is 0.235 e. The monoisotopic (exact) mass is 157 g/mol. The van der Waals surface area contributed by atoms with Crippen LogP contribution in [0.3, 0.4) is 0 Å². The predicted molar refractivity (Wildman–Crippen MR) is 43.2 cm³/mol. The molecule has 3 nitrogen and oxygen atoms in total. The standard InChI is InChI=1S/C8H15NO2/c1-7(2)5-11-8(3)4-9-6-10/h7-8H,4-5H2,1-3H3.